The van der Waals surface area contributed by atoms with Gasteiger partial charge in [0.05, 0.1) is 0 Å². The van der Waals surface area contributed by atoms with Crippen LogP contribution in [0.2, 0.25) is 0 Å². The Morgan fingerprint density at radius 3 is 2.87 bits per heavy atom. The van der Waals surface area contributed by atoms with Crippen molar-refractivity contribution < 1.29 is 0 Å². The van der Waals surface area contributed by atoms with E-state index in [1.807, 2.05) is 0 Å². The lowest BCUT2D eigenvalue weighted by molar-refractivity contribution is 0.281. The zero-order valence-corrected chi connectivity index (χ0v) is 10.0. The largest absolute Gasteiger partial charge is 0.324 e. The monoisotopic (exact) mass is 207 g/mol. The van der Waals surface area contributed by atoms with Gasteiger partial charge in [0.2, 0.25) is 0 Å². The highest BCUT2D eigenvalue weighted by Gasteiger charge is 2.25. The third kappa shape index (κ3) is 2.84. The van der Waals surface area contributed by atoms with Crippen LogP contribution in [0.25, 0.3) is 0 Å². The zero-order chi connectivity index (χ0) is 10.7. The van der Waals surface area contributed by atoms with Crippen LogP contribution in [0.1, 0.15) is 58.3 Å². The highest BCUT2D eigenvalue weighted by atomic mass is 14.6. The van der Waals surface area contributed by atoms with E-state index in [1.165, 1.54) is 51.4 Å². The smallest absolute Gasteiger partial charge is 0.0226 e. The number of hydrogen-bond acceptors (Lipinski definition) is 1. The maximum Gasteiger partial charge on any atom is 0.0226 e. The van der Waals surface area contributed by atoms with Crippen LogP contribution in [-0.2, 0) is 0 Å². The van der Waals surface area contributed by atoms with E-state index in [0.29, 0.717) is 6.04 Å². The molecule has 0 spiro atoms. The van der Waals surface area contributed by atoms with Gasteiger partial charge in [-0.05, 0) is 43.9 Å². The summed E-state index contributed by atoms with van der Waals surface area (Å²) in [5.74, 6) is 1.87. The lowest BCUT2D eigenvalue weighted by Gasteiger charge is -2.32. The number of hydrogen-bond donors (Lipinski definition) is 1. The van der Waals surface area contributed by atoms with Crippen molar-refractivity contribution in [1.29, 1.82) is 0 Å². The van der Waals surface area contributed by atoms with Crippen molar-refractivity contribution in [1.82, 2.24) is 0 Å². The van der Waals surface area contributed by atoms with E-state index in [4.69, 9.17) is 5.73 Å². The fourth-order valence-electron chi connectivity index (χ4n) is 3.32. The standard InChI is InChI=1S/C14H25N/c1-2-11-5-3-6-12(9-11)13-7-4-8-14(15)10-13/h10-12,14H,2-9,15H2,1H3. The molecule has 0 aromatic rings. The summed E-state index contributed by atoms with van der Waals surface area (Å²) in [6.07, 6.45) is 13.4. The molecule has 0 saturated heterocycles. The molecule has 3 atom stereocenters. The van der Waals surface area contributed by atoms with Crippen LogP contribution in [0.3, 0.4) is 0 Å². The predicted molar refractivity (Wildman–Crippen MR) is 65.6 cm³/mol. The molecule has 1 saturated carbocycles. The molecule has 0 heterocycles. The molecule has 1 fully saturated rings. The van der Waals surface area contributed by atoms with Gasteiger partial charge in [0.1, 0.15) is 0 Å². The first-order valence-electron chi connectivity index (χ1n) is 6.75. The third-order valence-electron chi connectivity index (χ3n) is 4.32. The van der Waals surface area contributed by atoms with Crippen LogP contribution in [0.4, 0.5) is 0 Å². The van der Waals surface area contributed by atoms with Gasteiger partial charge in [0.25, 0.3) is 0 Å². The minimum atomic E-state index is 0.357. The van der Waals surface area contributed by atoms with Crippen molar-refractivity contribution >= 4 is 0 Å². The van der Waals surface area contributed by atoms with Crippen molar-refractivity contribution in [2.75, 3.05) is 0 Å². The van der Waals surface area contributed by atoms with E-state index < -0.39 is 0 Å². The summed E-state index contributed by atoms with van der Waals surface area (Å²) in [5.41, 5.74) is 7.72. The van der Waals surface area contributed by atoms with Crippen LogP contribution in [0, 0.1) is 11.8 Å². The van der Waals surface area contributed by atoms with E-state index in [9.17, 15) is 0 Å². The second-order valence-electron chi connectivity index (χ2n) is 5.44. The van der Waals surface area contributed by atoms with Crippen molar-refractivity contribution in [2.45, 2.75) is 64.3 Å². The van der Waals surface area contributed by atoms with E-state index in [2.05, 4.69) is 13.0 Å². The van der Waals surface area contributed by atoms with Gasteiger partial charge in [-0.15, -0.1) is 0 Å². The normalized spacial score (nSPS) is 37.5. The molecule has 2 rings (SSSR count). The Hall–Kier alpha value is -0.300. The lowest BCUT2D eigenvalue weighted by Crippen LogP contribution is -2.24. The van der Waals surface area contributed by atoms with Gasteiger partial charge in [-0.3, -0.25) is 0 Å². The maximum absolute atomic E-state index is 6.02. The molecule has 0 aliphatic heterocycles. The number of nitrogens with two attached hydrogens (primary N) is 1. The van der Waals surface area contributed by atoms with Gasteiger partial charge in [-0.2, -0.15) is 0 Å². The Morgan fingerprint density at radius 1 is 1.27 bits per heavy atom. The summed E-state index contributed by atoms with van der Waals surface area (Å²) in [6.45, 7) is 2.34. The molecule has 2 aliphatic rings. The minimum absolute atomic E-state index is 0.357. The molecule has 2 aliphatic carbocycles. The summed E-state index contributed by atoms with van der Waals surface area (Å²) in [5, 5.41) is 0. The number of rotatable bonds is 2. The van der Waals surface area contributed by atoms with Crippen molar-refractivity contribution in [2.24, 2.45) is 17.6 Å². The Labute approximate surface area is 94.1 Å². The topological polar surface area (TPSA) is 26.0 Å². The molecule has 0 bridgehead atoms. The molecular weight excluding hydrogens is 182 g/mol. The van der Waals surface area contributed by atoms with Gasteiger partial charge in [-0.1, -0.05) is 37.8 Å². The van der Waals surface area contributed by atoms with Crippen molar-refractivity contribution in [3.8, 4) is 0 Å². The Morgan fingerprint density at radius 2 is 2.13 bits per heavy atom. The van der Waals surface area contributed by atoms with Gasteiger partial charge in [0, 0.05) is 6.04 Å². The molecule has 0 aromatic heterocycles. The number of allylic oxidation sites excluding steroid dienone is 1. The minimum Gasteiger partial charge on any atom is -0.324 e. The first kappa shape index (κ1) is 11.2. The fraction of sp³-hybridized carbons (Fsp3) is 0.857. The molecule has 86 valence electrons. The van der Waals surface area contributed by atoms with Crippen LogP contribution in [0.15, 0.2) is 11.6 Å². The van der Waals surface area contributed by atoms with E-state index in [-0.39, 0.29) is 0 Å². The average Bonchev–Trinajstić information content (AvgIpc) is 2.29. The van der Waals surface area contributed by atoms with E-state index in [1.54, 1.807) is 5.57 Å². The maximum atomic E-state index is 6.02. The highest BCUT2D eigenvalue weighted by molar-refractivity contribution is 5.14. The summed E-state index contributed by atoms with van der Waals surface area (Å²) in [6, 6.07) is 0.357. The summed E-state index contributed by atoms with van der Waals surface area (Å²) in [4.78, 5) is 0. The summed E-state index contributed by atoms with van der Waals surface area (Å²) >= 11 is 0. The molecule has 2 N–H and O–H groups in total. The molecule has 15 heavy (non-hydrogen) atoms. The SMILES string of the molecule is CCC1CCCC(C2=CC(N)CCC2)C1. The van der Waals surface area contributed by atoms with Gasteiger partial charge < -0.3 is 5.73 Å². The van der Waals surface area contributed by atoms with E-state index in [0.717, 1.165) is 11.8 Å². The Bertz CT molecular complexity index is 231. The van der Waals surface area contributed by atoms with Crippen molar-refractivity contribution in [3.05, 3.63) is 11.6 Å². The first-order valence-corrected chi connectivity index (χ1v) is 6.75. The molecule has 0 aromatic carbocycles. The van der Waals surface area contributed by atoms with Gasteiger partial charge in [0.15, 0.2) is 0 Å². The summed E-state index contributed by atoms with van der Waals surface area (Å²) in [7, 11) is 0. The average molecular weight is 207 g/mol. The predicted octanol–water partition coefficient (Wildman–Crippen LogP) is 3.64. The molecule has 1 nitrogen and oxygen atoms in total. The molecular formula is C14H25N. The van der Waals surface area contributed by atoms with Crippen LogP contribution >= 0.6 is 0 Å². The zero-order valence-electron chi connectivity index (χ0n) is 10.0. The molecule has 3 unspecified atom stereocenters. The molecule has 0 radical (unpaired) electrons. The summed E-state index contributed by atoms with van der Waals surface area (Å²) < 4.78 is 0. The van der Waals surface area contributed by atoms with Crippen LogP contribution < -0.4 is 5.73 Å². The highest BCUT2D eigenvalue weighted by Crippen LogP contribution is 2.38. The van der Waals surface area contributed by atoms with Crippen molar-refractivity contribution in [3.63, 3.8) is 0 Å². The second kappa shape index (κ2) is 5.16. The van der Waals surface area contributed by atoms with E-state index >= 15 is 0 Å². The third-order valence-corrected chi connectivity index (χ3v) is 4.32. The Kier molecular flexibility index (Phi) is 3.85. The molecule has 1 heteroatoms. The Balaban J connectivity index is 1.97. The molecule has 0 amide bonds. The fourth-order valence-corrected chi connectivity index (χ4v) is 3.32. The van der Waals surface area contributed by atoms with Gasteiger partial charge in [-0.25, -0.2) is 0 Å². The van der Waals surface area contributed by atoms with Gasteiger partial charge >= 0.3 is 0 Å². The lowest BCUT2D eigenvalue weighted by atomic mass is 9.74. The van der Waals surface area contributed by atoms with Crippen LogP contribution in [0.5, 0.6) is 0 Å². The second-order valence-corrected chi connectivity index (χ2v) is 5.44. The quantitative estimate of drug-likeness (QED) is 0.687. The van der Waals surface area contributed by atoms with Crippen LogP contribution in [-0.4, -0.2) is 6.04 Å². The first-order chi connectivity index (χ1) is 7.29.